The number of hydrogen-bond donors (Lipinski definition) is 0. The molecule has 2 rings (SSSR count). The van der Waals surface area contributed by atoms with Crippen molar-refractivity contribution >= 4 is 23.9 Å². The Morgan fingerprint density at radius 1 is 1.45 bits per heavy atom. The SMILES string of the molecule is C=C/C=C\CC1C=Cc2nc(C)nc(/C=C\C)c2CS1. The molecule has 20 heavy (non-hydrogen) atoms. The number of fused-ring (bicyclic) bond motifs is 1. The van der Waals surface area contributed by atoms with E-state index in [1.54, 1.807) is 0 Å². The normalized spacial score (nSPS) is 18.4. The summed E-state index contributed by atoms with van der Waals surface area (Å²) in [7, 11) is 0. The second-order valence-corrected chi connectivity index (χ2v) is 5.86. The van der Waals surface area contributed by atoms with Gasteiger partial charge in [0.05, 0.1) is 11.4 Å². The largest absolute Gasteiger partial charge is 0.234 e. The van der Waals surface area contributed by atoms with E-state index in [0.717, 1.165) is 29.4 Å². The molecule has 0 amide bonds. The van der Waals surface area contributed by atoms with Crippen LogP contribution in [0, 0.1) is 6.92 Å². The van der Waals surface area contributed by atoms with Crippen LogP contribution in [-0.2, 0) is 5.75 Å². The fraction of sp³-hybridized carbons (Fsp3) is 0.294. The fourth-order valence-corrected chi connectivity index (χ4v) is 3.23. The summed E-state index contributed by atoms with van der Waals surface area (Å²) < 4.78 is 0. The summed E-state index contributed by atoms with van der Waals surface area (Å²) in [5.74, 6) is 1.78. The fourth-order valence-electron chi connectivity index (χ4n) is 2.12. The molecule has 1 aliphatic heterocycles. The van der Waals surface area contributed by atoms with Crippen LogP contribution in [-0.4, -0.2) is 15.2 Å². The van der Waals surface area contributed by atoms with Gasteiger partial charge in [0, 0.05) is 16.6 Å². The Balaban J connectivity index is 2.25. The molecule has 0 aliphatic carbocycles. The van der Waals surface area contributed by atoms with Crippen molar-refractivity contribution < 1.29 is 0 Å². The van der Waals surface area contributed by atoms with Crippen LogP contribution < -0.4 is 0 Å². The molecule has 2 heterocycles. The van der Waals surface area contributed by atoms with E-state index in [-0.39, 0.29) is 0 Å². The predicted molar refractivity (Wildman–Crippen MR) is 89.5 cm³/mol. The van der Waals surface area contributed by atoms with Crippen LogP contribution >= 0.6 is 11.8 Å². The highest BCUT2D eigenvalue weighted by Crippen LogP contribution is 2.30. The van der Waals surface area contributed by atoms with Gasteiger partial charge in [-0.15, -0.1) is 11.8 Å². The molecule has 0 fully saturated rings. The lowest BCUT2D eigenvalue weighted by atomic mass is 10.1. The Labute approximate surface area is 125 Å². The summed E-state index contributed by atoms with van der Waals surface area (Å²) in [6.45, 7) is 7.67. The number of nitrogens with zero attached hydrogens (tertiary/aromatic N) is 2. The number of aromatic nitrogens is 2. The Bertz CT molecular complexity index is 571. The monoisotopic (exact) mass is 284 g/mol. The molecule has 0 radical (unpaired) electrons. The van der Waals surface area contributed by atoms with E-state index in [1.807, 2.05) is 43.8 Å². The molecule has 0 saturated carbocycles. The first-order chi connectivity index (χ1) is 9.74. The number of aryl methyl sites for hydroxylation is 1. The summed E-state index contributed by atoms with van der Waals surface area (Å²) in [5.41, 5.74) is 3.35. The summed E-state index contributed by atoms with van der Waals surface area (Å²) in [6, 6.07) is 0. The van der Waals surface area contributed by atoms with E-state index in [1.165, 1.54) is 5.56 Å². The van der Waals surface area contributed by atoms with Gasteiger partial charge in [0.2, 0.25) is 0 Å². The first-order valence-electron chi connectivity index (χ1n) is 6.82. The third-order valence-corrected chi connectivity index (χ3v) is 4.29. The molecular formula is C17H20N2S. The van der Waals surface area contributed by atoms with Crippen molar-refractivity contribution in [1.82, 2.24) is 9.97 Å². The molecule has 1 aromatic rings. The van der Waals surface area contributed by atoms with Gasteiger partial charge in [-0.1, -0.05) is 37.0 Å². The van der Waals surface area contributed by atoms with E-state index in [9.17, 15) is 0 Å². The minimum absolute atomic E-state index is 0.485. The quantitative estimate of drug-likeness (QED) is 0.757. The van der Waals surface area contributed by atoms with Crippen LogP contribution in [0.1, 0.15) is 36.1 Å². The average Bonchev–Trinajstić information content (AvgIpc) is 2.62. The van der Waals surface area contributed by atoms with Crippen molar-refractivity contribution in [3.8, 4) is 0 Å². The van der Waals surface area contributed by atoms with E-state index < -0.39 is 0 Å². The second-order valence-electron chi connectivity index (χ2n) is 4.63. The molecule has 1 unspecified atom stereocenters. The average molecular weight is 284 g/mol. The number of thioether (sulfide) groups is 1. The lowest BCUT2D eigenvalue weighted by Crippen LogP contribution is -2.01. The van der Waals surface area contributed by atoms with Gasteiger partial charge in [0.15, 0.2) is 0 Å². The molecule has 3 heteroatoms. The van der Waals surface area contributed by atoms with Gasteiger partial charge in [-0.05, 0) is 32.4 Å². The maximum atomic E-state index is 4.57. The van der Waals surface area contributed by atoms with Crippen LogP contribution in [0.15, 0.2) is 37.0 Å². The van der Waals surface area contributed by atoms with E-state index in [2.05, 4.69) is 40.9 Å². The molecular weight excluding hydrogens is 264 g/mol. The first-order valence-corrected chi connectivity index (χ1v) is 7.87. The number of allylic oxidation sites excluding steroid dienone is 4. The standard InChI is InChI=1S/C17H20N2S/c1-4-6-7-9-14-10-11-17-15(12-20-14)16(8-5-2)18-13(3)19-17/h4-8,10-11,14H,1,9,12H2,2-3H3/b7-6-,8-5-. The van der Waals surface area contributed by atoms with E-state index >= 15 is 0 Å². The first kappa shape index (κ1) is 14.8. The van der Waals surface area contributed by atoms with Crippen molar-refractivity contribution in [2.45, 2.75) is 31.3 Å². The molecule has 2 nitrogen and oxygen atoms in total. The second kappa shape index (κ2) is 7.25. The molecule has 0 spiro atoms. The molecule has 1 aromatic heterocycles. The smallest absolute Gasteiger partial charge is 0.126 e. The van der Waals surface area contributed by atoms with Crippen molar-refractivity contribution in [2.24, 2.45) is 0 Å². The number of hydrogen-bond acceptors (Lipinski definition) is 3. The summed E-state index contributed by atoms with van der Waals surface area (Å²) in [4.78, 5) is 9.11. The summed E-state index contributed by atoms with van der Waals surface area (Å²) in [5, 5.41) is 0.485. The van der Waals surface area contributed by atoms with Gasteiger partial charge in [-0.25, -0.2) is 9.97 Å². The topological polar surface area (TPSA) is 25.8 Å². The van der Waals surface area contributed by atoms with Crippen LogP contribution in [0.4, 0.5) is 0 Å². The molecule has 0 saturated heterocycles. The zero-order chi connectivity index (χ0) is 14.4. The van der Waals surface area contributed by atoms with E-state index in [4.69, 9.17) is 0 Å². The van der Waals surface area contributed by atoms with Crippen LogP contribution in [0.5, 0.6) is 0 Å². The minimum atomic E-state index is 0.485. The third-order valence-electron chi connectivity index (χ3n) is 3.06. The van der Waals surface area contributed by atoms with Crippen LogP contribution in [0.3, 0.4) is 0 Å². The summed E-state index contributed by atoms with van der Waals surface area (Å²) in [6.07, 6.45) is 15.5. The van der Waals surface area contributed by atoms with Crippen molar-refractivity contribution in [2.75, 3.05) is 0 Å². The molecule has 1 aliphatic rings. The highest BCUT2D eigenvalue weighted by molar-refractivity contribution is 7.99. The zero-order valence-electron chi connectivity index (χ0n) is 12.0. The van der Waals surface area contributed by atoms with Gasteiger partial charge < -0.3 is 0 Å². The van der Waals surface area contributed by atoms with Gasteiger partial charge in [-0.3, -0.25) is 0 Å². The van der Waals surface area contributed by atoms with Crippen molar-refractivity contribution in [1.29, 1.82) is 0 Å². The highest BCUT2D eigenvalue weighted by Gasteiger charge is 2.15. The zero-order valence-corrected chi connectivity index (χ0v) is 12.9. The Morgan fingerprint density at radius 2 is 2.30 bits per heavy atom. The van der Waals surface area contributed by atoms with Crippen LogP contribution in [0.25, 0.3) is 12.2 Å². The Morgan fingerprint density at radius 3 is 3.05 bits per heavy atom. The molecule has 0 aromatic carbocycles. The molecule has 104 valence electrons. The maximum absolute atomic E-state index is 4.57. The van der Waals surface area contributed by atoms with Gasteiger partial charge >= 0.3 is 0 Å². The van der Waals surface area contributed by atoms with Gasteiger partial charge in [0.1, 0.15) is 5.82 Å². The van der Waals surface area contributed by atoms with Crippen molar-refractivity contribution in [3.63, 3.8) is 0 Å². The minimum Gasteiger partial charge on any atom is -0.234 e. The Hall–Kier alpha value is -1.61. The molecule has 0 bridgehead atoms. The highest BCUT2D eigenvalue weighted by atomic mass is 32.2. The number of rotatable bonds is 4. The third kappa shape index (κ3) is 3.70. The summed E-state index contributed by atoms with van der Waals surface area (Å²) >= 11 is 1.94. The molecule has 0 N–H and O–H groups in total. The van der Waals surface area contributed by atoms with Crippen LogP contribution in [0.2, 0.25) is 0 Å². The van der Waals surface area contributed by atoms with Gasteiger partial charge in [-0.2, -0.15) is 0 Å². The maximum Gasteiger partial charge on any atom is 0.126 e. The predicted octanol–water partition coefficient (Wildman–Crippen LogP) is 4.58. The lowest BCUT2D eigenvalue weighted by molar-refractivity contribution is 1.00. The lowest BCUT2D eigenvalue weighted by Gasteiger charge is -2.10. The van der Waals surface area contributed by atoms with Crippen molar-refractivity contribution in [3.05, 3.63) is 59.7 Å². The molecule has 1 atom stereocenters. The Kier molecular flexibility index (Phi) is 5.36. The van der Waals surface area contributed by atoms with E-state index in [0.29, 0.717) is 5.25 Å². The van der Waals surface area contributed by atoms with Gasteiger partial charge in [0.25, 0.3) is 0 Å².